The van der Waals surface area contributed by atoms with Crippen molar-refractivity contribution < 1.29 is 8.42 Å². The van der Waals surface area contributed by atoms with Crippen LogP contribution in [0.1, 0.15) is 13.8 Å². The van der Waals surface area contributed by atoms with Crippen molar-refractivity contribution >= 4 is 49.8 Å². The number of aliphatic imine (C=N–C) groups is 1. The molecule has 0 amide bonds. The van der Waals surface area contributed by atoms with Crippen LogP contribution in [0.4, 0.5) is 5.69 Å². The van der Waals surface area contributed by atoms with Gasteiger partial charge in [-0.3, -0.25) is 0 Å². The van der Waals surface area contributed by atoms with Gasteiger partial charge >= 0.3 is 0 Å². The molecular weight excluding hydrogens is 314 g/mol. The van der Waals surface area contributed by atoms with Gasteiger partial charge in [0.25, 0.3) is 0 Å². The number of nitrogens with two attached hydrogens (primary N) is 1. The monoisotopic (exact) mass is 331 g/mol. The first kappa shape index (κ1) is 16.9. The standard InChI is InChI=1S/C12H17N3O2S3/c1-3-19-11(13)15-12(18)14-9-5-7-10(8-6-9)20(16,17)4-2/h5-8H,3-4H2,1-2H3,(H3,13,14,15,18). The van der Waals surface area contributed by atoms with Crippen LogP contribution in [0.25, 0.3) is 0 Å². The summed E-state index contributed by atoms with van der Waals surface area (Å²) in [4.78, 5) is 4.30. The molecule has 8 heteroatoms. The second kappa shape index (κ2) is 7.61. The highest BCUT2D eigenvalue weighted by Crippen LogP contribution is 2.15. The van der Waals surface area contributed by atoms with Crippen LogP contribution in [0.2, 0.25) is 0 Å². The SMILES string of the molecule is CCS/C(N)=N\C(=S)Nc1ccc(S(=O)(=O)CC)cc1. The van der Waals surface area contributed by atoms with E-state index in [2.05, 4.69) is 10.3 Å². The number of benzene rings is 1. The van der Waals surface area contributed by atoms with Crippen LogP contribution in [0.15, 0.2) is 34.2 Å². The average molecular weight is 331 g/mol. The second-order valence-corrected chi connectivity index (χ2v) is 7.69. The lowest BCUT2D eigenvalue weighted by atomic mass is 10.3. The predicted octanol–water partition coefficient (Wildman–Crippen LogP) is 2.24. The average Bonchev–Trinajstić information content (AvgIpc) is 2.39. The highest BCUT2D eigenvalue weighted by Gasteiger charge is 2.10. The van der Waals surface area contributed by atoms with Gasteiger partial charge in [0.2, 0.25) is 0 Å². The quantitative estimate of drug-likeness (QED) is 0.500. The van der Waals surface area contributed by atoms with E-state index < -0.39 is 9.84 Å². The number of hydrogen-bond donors (Lipinski definition) is 2. The van der Waals surface area contributed by atoms with Crippen molar-refractivity contribution in [2.24, 2.45) is 10.7 Å². The number of anilines is 1. The first-order valence-electron chi connectivity index (χ1n) is 5.99. The summed E-state index contributed by atoms with van der Waals surface area (Å²) in [5.41, 5.74) is 6.31. The molecule has 0 unspecified atom stereocenters. The first-order valence-corrected chi connectivity index (χ1v) is 9.04. The minimum absolute atomic E-state index is 0.0766. The van der Waals surface area contributed by atoms with Crippen LogP contribution in [0, 0.1) is 0 Å². The summed E-state index contributed by atoms with van der Waals surface area (Å²) in [6.45, 7) is 3.58. The van der Waals surface area contributed by atoms with Crippen molar-refractivity contribution in [2.75, 3.05) is 16.8 Å². The third-order valence-corrected chi connectivity index (χ3v) is 4.97. The molecular formula is C12H17N3O2S3. The minimum atomic E-state index is -3.18. The molecule has 0 saturated carbocycles. The Balaban J connectivity index is 2.76. The Morgan fingerprint density at radius 1 is 1.35 bits per heavy atom. The maximum absolute atomic E-state index is 11.7. The molecule has 0 atom stereocenters. The lowest BCUT2D eigenvalue weighted by Gasteiger charge is -2.06. The summed E-state index contributed by atoms with van der Waals surface area (Å²) >= 11 is 6.45. The Hall–Kier alpha value is -1.12. The number of nitrogens with zero attached hydrogens (tertiary/aromatic N) is 1. The highest BCUT2D eigenvalue weighted by molar-refractivity contribution is 8.13. The van der Waals surface area contributed by atoms with Crippen molar-refractivity contribution in [3.8, 4) is 0 Å². The maximum Gasteiger partial charge on any atom is 0.199 e. The molecule has 0 saturated heterocycles. The van der Waals surface area contributed by atoms with Gasteiger partial charge in [-0.15, -0.1) is 0 Å². The Labute approximate surface area is 129 Å². The van der Waals surface area contributed by atoms with Gasteiger partial charge in [0.1, 0.15) is 0 Å². The van der Waals surface area contributed by atoms with Crippen molar-refractivity contribution in [1.82, 2.24) is 0 Å². The van der Waals surface area contributed by atoms with E-state index in [0.717, 1.165) is 5.75 Å². The smallest absolute Gasteiger partial charge is 0.199 e. The molecule has 0 aliphatic heterocycles. The van der Waals surface area contributed by atoms with Crippen molar-refractivity contribution in [1.29, 1.82) is 0 Å². The molecule has 0 aromatic heterocycles. The van der Waals surface area contributed by atoms with E-state index >= 15 is 0 Å². The van der Waals surface area contributed by atoms with Gasteiger partial charge in [0.15, 0.2) is 20.1 Å². The molecule has 1 aromatic rings. The Morgan fingerprint density at radius 3 is 2.45 bits per heavy atom. The second-order valence-electron chi connectivity index (χ2n) is 3.74. The third kappa shape index (κ3) is 5.10. The first-order chi connectivity index (χ1) is 9.39. The lowest BCUT2D eigenvalue weighted by Crippen LogP contribution is -2.14. The van der Waals surface area contributed by atoms with Gasteiger partial charge in [-0.2, -0.15) is 4.99 Å². The largest absolute Gasteiger partial charge is 0.378 e. The zero-order valence-corrected chi connectivity index (χ0v) is 13.7. The molecule has 0 radical (unpaired) electrons. The van der Waals surface area contributed by atoms with Crippen LogP contribution < -0.4 is 11.1 Å². The summed E-state index contributed by atoms with van der Waals surface area (Å²) in [7, 11) is -3.18. The Kier molecular flexibility index (Phi) is 6.44. The van der Waals surface area contributed by atoms with Crippen LogP contribution in [0.5, 0.6) is 0 Å². The molecule has 0 aliphatic carbocycles. The normalized spacial score (nSPS) is 12.2. The summed E-state index contributed by atoms with van der Waals surface area (Å²) in [6.07, 6.45) is 0. The van der Waals surface area contributed by atoms with Gasteiger partial charge in [-0.1, -0.05) is 25.6 Å². The lowest BCUT2D eigenvalue weighted by molar-refractivity contribution is 0.597. The molecule has 5 nitrogen and oxygen atoms in total. The van der Waals surface area contributed by atoms with Crippen LogP contribution in [0.3, 0.4) is 0 Å². The van der Waals surface area contributed by atoms with Crippen LogP contribution in [-0.4, -0.2) is 30.2 Å². The van der Waals surface area contributed by atoms with E-state index in [0.29, 0.717) is 15.8 Å². The zero-order chi connectivity index (χ0) is 15.2. The molecule has 1 aromatic carbocycles. The van der Waals surface area contributed by atoms with Crippen molar-refractivity contribution in [3.63, 3.8) is 0 Å². The van der Waals surface area contributed by atoms with Crippen LogP contribution >= 0.6 is 24.0 Å². The highest BCUT2D eigenvalue weighted by atomic mass is 32.2. The third-order valence-electron chi connectivity index (χ3n) is 2.35. The molecule has 0 spiro atoms. The molecule has 0 heterocycles. The molecule has 3 N–H and O–H groups in total. The fourth-order valence-electron chi connectivity index (χ4n) is 1.34. The Bertz CT molecular complexity index is 595. The Morgan fingerprint density at radius 2 is 1.95 bits per heavy atom. The van der Waals surface area contributed by atoms with Crippen molar-refractivity contribution in [3.05, 3.63) is 24.3 Å². The molecule has 20 heavy (non-hydrogen) atoms. The predicted molar refractivity (Wildman–Crippen MR) is 90.1 cm³/mol. The molecule has 0 bridgehead atoms. The van der Waals surface area contributed by atoms with E-state index in [-0.39, 0.29) is 10.9 Å². The van der Waals surface area contributed by atoms with Gasteiger partial charge in [0.05, 0.1) is 10.6 Å². The summed E-state index contributed by atoms with van der Waals surface area (Å²) in [5, 5.41) is 3.53. The minimum Gasteiger partial charge on any atom is -0.378 e. The number of sulfone groups is 1. The molecule has 0 aliphatic rings. The van der Waals surface area contributed by atoms with E-state index in [1.807, 2.05) is 6.92 Å². The van der Waals surface area contributed by atoms with Gasteiger partial charge in [0, 0.05) is 5.69 Å². The fraction of sp³-hybridized carbons (Fsp3) is 0.333. The number of rotatable bonds is 4. The van der Waals surface area contributed by atoms with Gasteiger partial charge in [-0.05, 0) is 42.2 Å². The van der Waals surface area contributed by atoms with Crippen molar-refractivity contribution in [2.45, 2.75) is 18.7 Å². The molecule has 0 fully saturated rings. The summed E-state index contributed by atoms with van der Waals surface area (Å²) < 4.78 is 23.3. The number of nitrogens with one attached hydrogen (secondary N) is 1. The number of thioether (sulfide) groups is 1. The zero-order valence-electron chi connectivity index (χ0n) is 11.3. The molecule has 1 rings (SSSR count). The number of hydrogen-bond acceptors (Lipinski definition) is 4. The number of thiocarbonyl (C=S) groups is 1. The topological polar surface area (TPSA) is 84.5 Å². The fourth-order valence-corrected chi connectivity index (χ4v) is 2.95. The summed E-state index contributed by atoms with van der Waals surface area (Å²) in [5.74, 6) is 0.898. The maximum atomic E-state index is 11.7. The van der Waals surface area contributed by atoms with E-state index in [4.69, 9.17) is 18.0 Å². The summed E-state index contributed by atoms with van der Waals surface area (Å²) in [6, 6.07) is 6.37. The van der Waals surface area contributed by atoms with Gasteiger partial charge < -0.3 is 11.1 Å². The number of amidine groups is 1. The molecule has 110 valence electrons. The van der Waals surface area contributed by atoms with Crippen LogP contribution in [-0.2, 0) is 9.84 Å². The van der Waals surface area contributed by atoms with Gasteiger partial charge in [-0.25, -0.2) is 8.42 Å². The van der Waals surface area contributed by atoms with E-state index in [9.17, 15) is 8.42 Å². The van der Waals surface area contributed by atoms with E-state index in [1.165, 1.54) is 23.9 Å². The van der Waals surface area contributed by atoms with E-state index in [1.54, 1.807) is 19.1 Å².